The van der Waals surface area contributed by atoms with E-state index >= 15 is 4.39 Å². The van der Waals surface area contributed by atoms with E-state index in [0.29, 0.717) is 17.7 Å². The Balaban J connectivity index is 1.50. The van der Waals surface area contributed by atoms with Gasteiger partial charge in [0.05, 0.1) is 11.7 Å². The van der Waals surface area contributed by atoms with Crippen molar-refractivity contribution in [2.45, 2.75) is 63.8 Å². The second-order valence-corrected chi connectivity index (χ2v) is 10.0. The van der Waals surface area contributed by atoms with Gasteiger partial charge in [-0.2, -0.15) is 0 Å². The van der Waals surface area contributed by atoms with Gasteiger partial charge in [0.2, 0.25) is 0 Å². The SMILES string of the molecule is CC1(C)C[C@H](N2CCc3cc(-c4cc5cnccc5cc4O)nnc32)[C@H](F)C(C)(C)N1. The van der Waals surface area contributed by atoms with Crippen LogP contribution in [0, 0.1) is 0 Å². The monoisotopic (exact) mass is 421 g/mol. The van der Waals surface area contributed by atoms with Gasteiger partial charge in [-0.05, 0) is 70.2 Å². The molecule has 0 bridgehead atoms. The maximum absolute atomic E-state index is 15.5. The topological polar surface area (TPSA) is 74.2 Å². The number of piperidine rings is 1. The molecule has 7 heteroatoms. The van der Waals surface area contributed by atoms with Crippen molar-refractivity contribution in [2.24, 2.45) is 0 Å². The van der Waals surface area contributed by atoms with Crippen LogP contribution in [0.15, 0.2) is 36.7 Å². The molecular weight excluding hydrogens is 393 g/mol. The molecule has 0 saturated carbocycles. The number of halogens is 1. The van der Waals surface area contributed by atoms with Crippen LogP contribution < -0.4 is 10.2 Å². The first-order chi connectivity index (χ1) is 14.6. The molecule has 2 aromatic heterocycles. The van der Waals surface area contributed by atoms with Gasteiger partial charge in [-0.15, -0.1) is 10.2 Å². The average molecular weight is 422 g/mol. The van der Waals surface area contributed by atoms with Crippen LogP contribution in [0.5, 0.6) is 5.75 Å². The van der Waals surface area contributed by atoms with E-state index in [-0.39, 0.29) is 17.3 Å². The number of phenols is 1. The second-order valence-electron chi connectivity index (χ2n) is 10.0. The standard InChI is InChI=1S/C24H28FN5O/c1-23(2)12-19(21(25)24(3,4)29-23)30-8-6-15-10-18(27-28-22(15)30)17-9-16-13-26-7-5-14(16)11-20(17)31/h5,7,9-11,13,19,21,29,31H,6,8,12H2,1-4H3/t19-,21-/m0/s1. The summed E-state index contributed by atoms with van der Waals surface area (Å²) in [5.74, 6) is 0.917. The van der Waals surface area contributed by atoms with Crippen molar-refractivity contribution < 1.29 is 9.50 Å². The number of hydrogen-bond donors (Lipinski definition) is 2. The van der Waals surface area contributed by atoms with Crippen LogP contribution in [0.25, 0.3) is 22.0 Å². The molecule has 1 fully saturated rings. The van der Waals surface area contributed by atoms with Crippen LogP contribution in [0.4, 0.5) is 10.2 Å². The maximum Gasteiger partial charge on any atom is 0.154 e. The smallest absolute Gasteiger partial charge is 0.154 e. The number of rotatable bonds is 2. The lowest BCUT2D eigenvalue weighted by molar-refractivity contribution is 0.0555. The Bertz CT molecular complexity index is 1160. The van der Waals surface area contributed by atoms with Crippen molar-refractivity contribution in [3.63, 3.8) is 0 Å². The van der Waals surface area contributed by atoms with Crippen molar-refractivity contribution in [3.8, 4) is 17.0 Å². The van der Waals surface area contributed by atoms with Crippen LogP contribution >= 0.6 is 0 Å². The first-order valence-corrected chi connectivity index (χ1v) is 10.8. The molecule has 0 radical (unpaired) electrons. The minimum atomic E-state index is -1.02. The number of aromatic hydroxyl groups is 1. The maximum atomic E-state index is 15.5. The minimum Gasteiger partial charge on any atom is -0.507 e. The molecule has 0 unspecified atom stereocenters. The molecule has 6 nitrogen and oxygen atoms in total. The highest BCUT2D eigenvalue weighted by Crippen LogP contribution is 2.40. The summed E-state index contributed by atoms with van der Waals surface area (Å²) in [5.41, 5.74) is 1.50. The minimum absolute atomic E-state index is 0.161. The van der Waals surface area contributed by atoms with E-state index in [1.807, 2.05) is 32.0 Å². The molecular formula is C24H28FN5O. The molecule has 0 aliphatic carbocycles. The Morgan fingerprint density at radius 3 is 2.74 bits per heavy atom. The largest absolute Gasteiger partial charge is 0.507 e. The van der Waals surface area contributed by atoms with E-state index < -0.39 is 11.7 Å². The van der Waals surface area contributed by atoms with Crippen LogP contribution in [0.2, 0.25) is 0 Å². The van der Waals surface area contributed by atoms with Gasteiger partial charge in [-0.3, -0.25) is 4.98 Å². The molecule has 2 N–H and O–H groups in total. The van der Waals surface area contributed by atoms with Crippen LogP contribution in [0.1, 0.15) is 39.7 Å². The van der Waals surface area contributed by atoms with Crippen molar-refractivity contribution in [1.29, 1.82) is 0 Å². The molecule has 0 amide bonds. The highest BCUT2D eigenvalue weighted by molar-refractivity contribution is 5.89. The zero-order chi connectivity index (χ0) is 22.0. The van der Waals surface area contributed by atoms with Gasteiger partial charge in [0.25, 0.3) is 0 Å². The van der Waals surface area contributed by atoms with E-state index in [9.17, 15) is 5.11 Å². The summed E-state index contributed by atoms with van der Waals surface area (Å²) in [7, 11) is 0. The fourth-order valence-corrected chi connectivity index (χ4v) is 5.35. The molecule has 2 aliphatic rings. The zero-order valence-corrected chi connectivity index (χ0v) is 18.4. The number of aromatic nitrogens is 3. The Labute approximate surface area is 181 Å². The van der Waals surface area contributed by atoms with Crippen molar-refractivity contribution in [2.75, 3.05) is 11.4 Å². The Morgan fingerprint density at radius 2 is 1.94 bits per heavy atom. The molecule has 0 spiro atoms. The highest BCUT2D eigenvalue weighted by atomic mass is 19.1. The number of hydrogen-bond acceptors (Lipinski definition) is 6. The summed E-state index contributed by atoms with van der Waals surface area (Å²) in [4.78, 5) is 6.25. The number of nitrogens with zero attached hydrogens (tertiary/aromatic N) is 4. The van der Waals surface area contributed by atoms with Crippen molar-refractivity contribution in [3.05, 3.63) is 42.2 Å². The van der Waals surface area contributed by atoms with Gasteiger partial charge in [0, 0.05) is 46.5 Å². The number of fused-ring (bicyclic) bond motifs is 2. The van der Waals surface area contributed by atoms with E-state index in [0.717, 1.165) is 35.1 Å². The number of pyridine rings is 1. The number of alkyl halides is 1. The zero-order valence-electron chi connectivity index (χ0n) is 18.4. The molecule has 2 atom stereocenters. The number of anilines is 1. The van der Waals surface area contributed by atoms with Gasteiger partial charge in [-0.25, -0.2) is 4.39 Å². The van der Waals surface area contributed by atoms with Gasteiger partial charge < -0.3 is 15.3 Å². The molecule has 4 heterocycles. The fraction of sp³-hybridized carbons (Fsp3) is 0.458. The lowest BCUT2D eigenvalue weighted by Crippen LogP contribution is -2.69. The summed E-state index contributed by atoms with van der Waals surface area (Å²) in [5, 5.41) is 24.8. The van der Waals surface area contributed by atoms with Gasteiger partial charge in [0.15, 0.2) is 5.82 Å². The third-order valence-corrected chi connectivity index (χ3v) is 6.58. The lowest BCUT2D eigenvalue weighted by Gasteiger charge is -2.51. The predicted octanol–water partition coefficient (Wildman–Crippen LogP) is 4.02. The summed E-state index contributed by atoms with van der Waals surface area (Å²) < 4.78 is 15.5. The fourth-order valence-electron chi connectivity index (χ4n) is 5.35. The Hall–Kier alpha value is -2.80. The number of nitrogens with one attached hydrogen (secondary N) is 1. The lowest BCUT2D eigenvalue weighted by atomic mass is 9.77. The van der Waals surface area contributed by atoms with E-state index in [1.165, 1.54) is 0 Å². The van der Waals surface area contributed by atoms with Crippen molar-refractivity contribution >= 4 is 16.6 Å². The first kappa shape index (κ1) is 20.1. The Morgan fingerprint density at radius 1 is 1.13 bits per heavy atom. The molecule has 5 rings (SSSR count). The van der Waals surface area contributed by atoms with Crippen LogP contribution in [0.3, 0.4) is 0 Å². The third kappa shape index (κ3) is 3.41. The van der Waals surface area contributed by atoms with E-state index in [2.05, 4.69) is 39.2 Å². The first-order valence-electron chi connectivity index (χ1n) is 10.8. The number of benzene rings is 1. The third-order valence-electron chi connectivity index (χ3n) is 6.58. The summed E-state index contributed by atoms with van der Waals surface area (Å²) in [6.45, 7) is 8.81. The number of phenolic OH excluding ortho intramolecular Hbond substituents is 1. The highest BCUT2D eigenvalue weighted by Gasteiger charge is 2.49. The average Bonchev–Trinajstić information content (AvgIpc) is 3.12. The molecule has 3 aromatic rings. The van der Waals surface area contributed by atoms with E-state index in [1.54, 1.807) is 18.5 Å². The summed E-state index contributed by atoms with van der Waals surface area (Å²) in [6, 6.07) is 7.19. The summed E-state index contributed by atoms with van der Waals surface area (Å²) >= 11 is 0. The molecule has 1 saturated heterocycles. The quantitative estimate of drug-likeness (QED) is 0.651. The van der Waals surface area contributed by atoms with Gasteiger partial charge in [-0.1, -0.05) is 0 Å². The second kappa shape index (κ2) is 6.85. The molecule has 1 aromatic carbocycles. The van der Waals surface area contributed by atoms with Gasteiger partial charge >= 0.3 is 0 Å². The molecule has 162 valence electrons. The van der Waals surface area contributed by atoms with Crippen LogP contribution in [-0.4, -0.2) is 50.1 Å². The Kier molecular flexibility index (Phi) is 4.45. The van der Waals surface area contributed by atoms with Crippen LogP contribution in [-0.2, 0) is 6.42 Å². The molecule has 31 heavy (non-hydrogen) atoms. The predicted molar refractivity (Wildman–Crippen MR) is 120 cm³/mol. The summed E-state index contributed by atoms with van der Waals surface area (Å²) in [6.07, 6.45) is 3.92. The van der Waals surface area contributed by atoms with Crippen molar-refractivity contribution in [1.82, 2.24) is 20.5 Å². The normalized spacial score (nSPS) is 24.4. The van der Waals surface area contributed by atoms with E-state index in [4.69, 9.17) is 0 Å². The molecule has 2 aliphatic heterocycles. The van der Waals surface area contributed by atoms with Gasteiger partial charge in [0.1, 0.15) is 11.9 Å².